The molecular formula is C28H30O5. The molecule has 0 fully saturated rings. The fourth-order valence-corrected chi connectivity index (χ4v) is 4.67. The molecule has 33 heavy (non-hydrogen) atoms. The first kappa shape index (κ1) is 22.7. The number of para-hydroxylation sites is 1. The molecule has 0 bridgehead atoms. The molecule has 1 unspecified atom stereocenters. The van der Waals surface area contributed by atoms with Crippen LogP contribution in [0.15, 0.2) is 60.7 Å². The zero-order valence-corrected chi connectivity index (χ0v) is 19.3. The van der Waals surface area contributed by atoms with Crippen LogP contribution in [0.1, 0.15) is 54.9 Å². The second-order valence-electron chi connectivity index (χ2n) is 8.37. The smallest absolute Gasteiger partial charge is 0.303 e. The Morgan fingerprint density at radius 1 is 1.06 bits per heavy atom. The maximum atomic E-state index is 11.1. The zero-order valence-electron chi connectivity index (χ0n) is 19.3. The Labute approximate surface area is 194 Å². The van der Waals surface area contributed by atoms with Crippen molar-refractivity contribution in [1.29, 1.82) is 0 Å². The third-order valence-corrected chi connectivity index (χ3v) is 6.42. The first-order chi connectivity index (χ1) is 16.0. The molecule has 172 valence electrons. The van der Waals surface area contributed by atoms with E-state index in [0.29, 0.717) is 5.75 Å². The highest BCUT2D eigenvalue weighted by molar-refractivity contribution is 5.75. The minimum atomic E-state index is -0.768. The summed E-state index contributed by atoms with van der Waals surface area (Å²) in [5.74, 6) is 1.51. The van der Waals surface area contributed by atoms with E-state index in [1.165, 1.54) is 11.1 Å². The number of rotatable bonds is 9. The average Bonchev–Trinajstić information content (AvgIpc) is 3.24. The standard InChI is InChI=1S/C28H30O5/c1-4-18(17-27(29)30)19-8-12-22(13-9-19)33-25-15-11-20-16-21(10-14-23(20)25)24-6-5-7-26(31-2)28(24)32-3/h5-10,12-14,16,18,25H,4,11,15,17H2,1-3H3,(H,29,30)/t18-,25?/m1/s1. The van der Waals surface area contributed by atoms with E-state index in [-0.39, 0.29) is 18.4 Å². The van der Waals surface area contributed by atoms with Crippen LogP contribution in [0.5, 0.6) is 17.2 Å². The van der Waals surface area contributed by atoms with Gasteiger partial charge < -0.3 is 19.3 Å². The maximum Gasteiger partial charge on any atom is 0.303 e. The molecule has 0 heterocycles. The number of benzene rings is 3. The maximum absolute atomic E-state index is 11.1. The number of aliphatic carboxylic acids is 1. The van der Waals surface area contributed by atoms with Gasteiger partial charge in [0.05, 0.1) is 20.6 Å². The quantitative estimate of drug-likeness (QED) is 0.412. The number of carboxylic acids is 1. The summed E-state index contributed by atoms with van der Waals surface area (Å²) in [6.45, 7) is 2.02. The lowest BCUT2D eigenvalue weighted by atomic mass is 9.93. The molecule has 0 spiro atoms. The molecule has 5 nitrogen and oxygen atoms in total. The van der Waals surface area contributed by atoms with Crippen molar-refractivity contribution in [2.24, 2.45) is 0 Å². The van der Waals surface area contributed by atoms with Gasteiger partial charge >= 0.3 is 5.97 Å². The number of hydrogen-bond donors (Lipinski definition) is 1. The topological polar surface area (TPSA) is 65.0 Å². The molecule has 0 aliphatic heterocycles. The summed E-state index contributed by atoms with van der Waals surface area (Å²) in [6, 6.07) is 20.3. The SMILES string of the molecule is CC[C@H](CC(=O)O)c1ccc(OC2CCc3cc(-c4cccc(OC)c4OC)ccc32)cc1. The Hall–Kier alpha value is -3.47. The van der Waals surface area contributed by atoms with Crippen LogP contribution in [0.3, 0.4) is 0 Å². The number of fused-ring (bicyclic) bond motifs is 1. The Morgan fingerprint density at radius 3 is 2.52 bits per heavy atom. The van der Waals surface area contributed by atoms with Gasteiger partial charge in [0.25, 0.3) is 0 Å². The summed E-state index contributed by atoms with van der Waals surface area (Å²) in [5, 5.41) is 9.12. The van der Waals surface area contributed by atoms with Crippen LogP contribution in [0.2, 0.25) is 0 Å². The van der Waals surface area contributed by atoms with Crippen molar-refractivity contribution in [3.05, 3.63) is 77.4 Å². The predicted molar refractivity (Wildman–Crippen MR) is 128 cm³/mol. The van der Waals surface area contributed by atoms with Crippen molar-refractivity contribution in [1.82, 2.24) is 0 Å². The third-order valence-electron chi connectivity index (χ3n) is 6.42. The Kier molecular flexibility index (Phi) is 6.87. The van der Waals surface area contributed by atoms with Gasteiger partial charge in [-0.25, -0.2) is 0 Å². The van der Waals surface area contributed by atoms with Gasteiger partial charge in [-0.3, -0.25) is 4.79 Å². The molecule has 2 atom stereocenters. The van der Waals surface area contributed by atoms with Crippen LogP contribution in [-0.4, -0.2) is 25.3 Å². The third kappa shape index (κ3) is 4.82. The molecular weight excluding hydrogens is 416 g/mol. The molecule has 1 aliphatic carbocycles. The van der Waals surface area contributed by atoms with Gasteiger partial charge in [0.15, 0.2) is 11.5 Å². The first-order valence-electron chi connectivity index (χ1n) is 11.4. The highest BCUT2D eigenvalue weighted by atomic mass is 16.5. The lowest BCUT2D eigenvalue weighted by molar-refractivity contribution is -0.137. The van der Waals surface area contributed by atoms with Gasteiger partial charge in [0, 0.05) is 5.56 Å². The summed E-state index contributed by atoms with van der Waals surface area (Å²) in [5.41, 5.74) is 5.63. The summed E-state index contributed by atoms with van der Waals surface area (Å²) >= 11 is 0. The second kappa shape index (κ2) is 9.99. The van der Waals surface area contributed by atoms with Crippen molar-refractivity contribution in [2.45, 2.75) is 44.6 Å². The van der Waals surface area contributed by atoms with Crippen LogP contribution in [0, 0.1) is 0 Å². The van der Waals surface area contributed by atoms with Crippen LogP contribution < -0.4 is 14.2 Å². The molecule has 5 heteroatoms. The van der Waals surface area contributed by atoms with E-state index in [9.17, 15) is 4.79 Å². The molecule has 0 saturated carbocycles. The molecule has 1 aliphatic rings. The zero-order chi connectivity index (χ0) is 23.4. The summed E-state index contributed by atoms with van der Waals surface area (Å²) < 4.78 is 17.4. The van der Waals surface area contributed by atoms with Gasteiger partial charge in [-0.05, 0) is 65.6 Å². The highest BCUT2D eigenvalue weighted by Gasteiger charge is 2.25. The molecule has 3 aromatic rings. The van der Waals surface area contributed by atoms with E-state index in [1.54, 1.807) is 14.2 Å². The van der Waals surface area contributed by atoms with Crippen LogP contribution >= 0.6 is 0 Å². The van der Waals surface area contributed by atoms with E-state index in [2.05, 4.69) is 18.2 Å². The largest absolute Gasteiger partial charge is 0.493 e. The lowest BCUT2D eigenvalue weighted by Crippen LogP contribution is -2.06. The molecule has 0 saturated heterocycles. The minimum Gasteiger partial charge on any atom is -0.493 e. The number of methoxy groups -OCH3 is 2. The van der Waals surface area contributed by atoms with E-state index >= 15 is 0 Å². The summed E-state index contributed by atoms with van der Waals surface area (Å²) in [7, 11) is 3.31. The molecule has 1 N–H and O–H groups in total. The Balaban J connectivity index is 1.52. The normalized spacial score (nSPS) is 15.5. The minimum absolute atomic E-state index is 0.00750. The first-order valence-corrected chi connectivity index (χ1v) is 11.4. The predicted octanol–water partition coefficient (Wildman–Crippen LogP) is 6.41. The van der Waals surface area contributed by atoms with E-state index in [4.69, 9.17) is 19.3 Å². The fraction of sp³-hybridized carbons (Fsp3) is 0.321. The van der Waals surface area contributed by atoms with E-state index in [1.807, 2.05) is 49.4 Å². The average molecular weight is 447 g/mol. The molecule has 4 rings (SSSR count). The van der Waals surface area contributed by atoms with Crippen molar-refractivity contribution < 1.29 is 24.1 Å². The van der Waals surface area contributed by atoms with Crippen LogP contribution in [0.4, 0.5) is 0 Å². The highest BCUT2D eigenvalue weighted by Crippen LogP contribution is 2.41. The van der Waals surface area contributed by atoms with Crippen molar-refractivity contribution in [2.75, 3.05) is 14.2 Å². The number of aryl methyl sites for hydroxylation is 1. The summed E-state index contributed by atoms with van der Waals surface area (Å²) in [6.07, 6.45) is 2.82. The van der Waals surface area contributed by atoms with Gasteiger partial charge in [0.1, 0.15) is 11.9 Å². The van der Waals surface area contributed by atoms with E-state index < -0.39 is 5.97 Å². The lowest BCUT2D eigenvalue weighted by Gasteiger charge is -2.18. The van der Waals surface area contributed by atoms with Gasteiger partial charge in [0.2, 0.25) is 0 Å². The molecule has 0 radical (unpaired) electrons. The summed E-state index contributed by atoms with van der Waals surface area (Å²) in [4.78, 5) is 11.1. The number of carboxylic acid groups (broad SMARTS) is 1. The van der Waals surface area contributed by atoms with Crippen molar-refractivity contribution in [3.8, 4) is 28.4 Å². The number of carbonyl (C=O) groups is 1. The van der Waals surface area contributed by atoms with Gasteiger partial charge in [-0.1, -0.05) is 49.4 Å². The number of hydrogen-bond acceptors (Lipinski definition) is 4. The van der Waals surface area contributed by atoms with Crippen LogP contribution in [0.25, 0.3) is 11.1 Å². The van der Waals surface area contributed by atoms with Gasteiger partial charge in [-0.15, -0.1) is 0 Å². The monoisotopic (exact) mass is 446 g/mol. The number of ether oxygens (including phenoxy) is 3. The van der Waals surface area contributed by atoms with Crippen molar-refractivity contribution in [3.63, 3.8) is 0 Å². The van der Waals surface area contributed by atoms with Crippen molar-refractivity contribution >= 4 is 5.97 Å². The van der Waals surface area contributed by atoms with E-state index in [0.717, 1.165) is 47.5 Å². The Morgan fingerprint density at radius 2 is 1.85 bits per heavy atom. The molecule has 3 aromatic carbocycles. The second-order valence-corrected chi connectivity index (χ2v) is 8.37. The fourth-order valence-electron chi connectivity index (χ4n) is 4.67. The van der Waals surface area contributed by atoms with Gasteiger partial charge in [-0.2, -0.15) is 0 Å². The molecule has 0 aromatic heterocycles. The Bertz CT molecular complexity index is 1120. The molecule has 0 amide bonds. The van der Waals surface area contributed by atoms with Crippen LogP contribution in [-0.2, 0) is 11.2 Å².